The molecule has 0 spiro atoms. The van der Waals surface area contributed by atoms with E-state index in [1.807, 2.05) is 24.3 Å². The van der Waals surface area contributed by atoms with Crippen LogP contribution in [0, 0.1) is 0 Å². The van der Waals surface area contributed by atoms with Crippen LogP contribution in [-0.4, -0.2) is 24.0 Å². The summed E-state index contributed by atoms with van der Waals surface area (Å²) in [7, 11) is 1.80. The van der Waals surface area contributed by atoms with E-state index in [9.17, 15) is 4.79 Å². The van der Waals surface area contributed by atoms with Crippen molar-refractivity contribution in [2.75, 3.05) is 7.05 Å². The molecule has 0 aromatic heterocycles. The van der Waals surface area contributed by atoms with Gasteiger partial charge in [-0.1, -0.05) is 23.7 Å². The highest BCUT2D eigenvalue weighted by molar-refractivity contribution is 6.30. The molecule has 1 fully saturated rings. The minimum atomic E-state index is -0.00236. The predicted octanol–water partition coefficient (Wildman–Crippen LogP) is 2.64. The van der Waals surface area contributed by atoms with Gasteiger partial charge in [-0.3, -0.25) is 0 Å². The Morgan fingerprint density at radius 3 is 2.62 bits per heavy atom. The lowest BCUT2D eigenvalue weighted by molar-refractivity contribution is 0.206. The molecule has 1 aromatic rings. The van der Waals surface area contributed by atoms with E-state index in [0.717, 1.165) is 18.4 Å². The highest BCUT2D eigenvalue weighted by Gasteiger charge is 2.24. The molecule has 3 nitrogen and oxygen atoms in total. The summed E-state index contributed by atoms with van der Waals surface area (Å²) >= 11 is 5.79. The summed E-state index contributed by atoms with van der Waals surface area (Å²) in [6.07, 6.45) is 2.22. The molecule has 1 N–H and O–H groups in total. The van der Waals surface area contributed by atoms with Gasteiger partial charge >= 0.3 is 6.03 Å². The van der Waals surface area contributed by atoms with Crippen molar-refractivity contribution in [3.8, 4) is 0 Å². The van der Waals surface area contributed by atoms with Gasteiger partial charge in [0.25, 0.3) is 0 Å². The maximum absolute atomic E-state index is 11.7. The third-order valence-electron chi connectivity index (χ3n) is 2.58. The molecule has 0 radical (unpaired) electrons. The Morgan fingerprint density at radius 2 is 2.06 bits per heavy atom. The molecule has 4 heteroatoms. The lowest BCUT2D eigenvalue weighted by Gasteiger charge is -2.17. The van der Waals surface area contributed by atoms with Gasteiger partial charge in [0.05, 0.1) is 0 Å². The maximum atomic E-state index is 11.7. The van der Waals surface area contributed by atoms with E-state index < -0.39 is 0 Å². The molecule has 1 aromatic carbocycles. The number of amides is 2. The topological polar surface area (TPSA) is 32.3 Å². The maximum Gasteiger partial charge on any atom is 0.317 e. The molecule has 0 heterocycles. The molecule has 0 bridgehead atoms. The smallest absolute Gasteiger partial charge is 0.317 e. The molecule has 2 amide bonds. The van der Waals surface area contributed by atoms with Crippen molar-refractivity contribution in [1.82, 2.24) is 10.2 Å². The Labute approximate surface area is 100 Å². The van der Waals surface area contributed by atoms with Gasteiger partial charge in [-0.05, 0) is 30.5 Å². The molecular weight excluding hydrogens is 224 g/mol. The third kappa shape index (κ3) is 3.14. The van der Waals surface area contributed by atoms with Crippen LogP contribution in [0.1, 0.15) is 18.4 Å². The van der Waals surface area contributed by atoms with Gasteiger partial charge in [-0.15, -0.1) is 0 Å². The van der Waals surface area contributed by atoms with Crippen molar-refractivity contribution in [2.24, 2.45) is 0 Å². The van der Waals surface area contributed by atoms with Crippen LogP contribution in [0.2, 0.25) is 5.02 Å². The average molecular weight is 239 g/mol. The van der Waals surface area contributed by atoms with Crippen molar-refractivity contribution in [2.45, 2.75) is 25.4 Å². The van der Waals surface area contributed by atoms with Crippen LogP contribution in [-0.2, 0) is 6.54 Å². The van der Waals surface area contributed by atoms with Crippen LogP contribution < -0.4 is 5.32 Å². The Balaban J connectivity index is 1.87. The first-order chi connectivity index (χ1) is 7.65. The number of carbonyl (C=O) groups excluding carboxylic acids is 1. The zero-order valence-electron chi connectivity index (χ0n) is 9.24. The Kier molecular flexibility index (Phi) is 3.34. The van der Waals surface area contributed by atoms with E-state index in [-0.39, 0.29) is 6.03 Å². The number of benzene rings is 1. The van der Waals surface area contributed by atoms with E-state index in [2.05, 4.69) is 5.32 Å². The Bertz CT molecular complexity index is 373. The summed E-state index contributed by atoms with van der Waals surface area (Å²) < 4.78 is 0. The molecule has 1 aliphatic carbocycles. The highest BCUT2D eigenvalue weighted by Crippen LogP contribution is 2.19. The van der Waals surface area contributed by atoms with Gasteiger partial charge in [-0.2, -0.15) is 0 Å². The molecular formula is C12H15ClN2O. The standard InChI is InChI=1S/C12H15ClN2O/c1-15(12(16)14-11-6-7-11)8-9-2-4-10(13)5-3-9/h2-5,11H,6-8H2,1H3,(H,14,16). The first-order valence-electron chi connectivity index (χ1n) is 5.41. The molecule has 0 atom stereocenters. The van der Waals surface area contributed by atoms with Crippen molar-refractivity contribution in [1.29, 1.82) is 0 Å². The van der Waals surface area contributed by atoms with Crippen LogP contribution in [0.5, 0.6) is 0 Å². The molecule has 86 valence electrons. The monoisotopic (exact) mass is 238 g/mol. The zero-order chi connectivity index (χ0) is 11.5. The average Bonchev–Trinajstić information content (AvgIpc) is 3.05. The second kappa shape index (κ2) is 4.74. The first kappa shape index (κ1) is 11.3. The number of halogens is 1. The van der Waals surface area contributed by atoms with E-state index in [0.29, 0.717) is 17.6 Å². The second-order valence-corrected chi connectivity index (χ2v) is 4.64. The fourth-order valence-corrected chi connectivity index (χ4v) is 1.57. The zero-order valence-corrected chi connectivity index (χ0v) is 10.00. The van der Waals surface area contributed by atoms with Crippen molar-refractivity contribution >= 4 is 17.6 Å². The molecule has 2 rings (SSSR count). The minimum Gasteiger partial charge on any atom is -0.335 e. The summed E-state index contributed by atoms with van der Waals surface area (Å²) in [6.45, 7) is 0.607. The first-order valence-corrected chi connectivity index (χ1v) is 5.79. The number of rotatable bonds is 3. The fraction of sp³-hybridized carbons (Fsp3) is 0.417. The lowest BCUT2D eigenvalue weighted by atomic mass is 10.2. The number of nitrogens with zero attached hydrogens (tertiary/aromatic N) is 1. The number of hydrogen-bond donors (Lipinski definition) is 1. The van der Waals surface area contributed by atoms with Gasteiger partial charge in [0.2, 0.25) is 0 Å². The van der Waals surface area contributed by atoms with Gasteiger partial charge in [0, 0.05) is 24.7 Å². The Morgan fingerprint density at radius 1 is 1.44 bits per heavy atom. The second-order valence-electron chi connectivity index (χ2n) is 4.21. The largest absolute Gasteiger partial charge is 0.335 e. The summed E-state index contributed by atoms with van der Waals surface area (Å²) in [5.74, 6) is 0. The minimum absolute atomic E-state index is 0.00236. The summed E-state index contributed by atoms with van der Waals surface area (Å²) in [5.41, 5.74) is 1.08. The highest BCUT2D eigenvalue weighted by atomic mass is 35.5. The van der Waals surface area contributed by atoms with Crippen LogP contribution in [0.25, 0.3) is 0 Å². The molecule has 1 saturated carbocycles. The van der Waals surface area contributed by atoms with Gasteiger partial charge in [0.1, 0.15) is 0 Å². The molecule has 0 unspecified atom stereocenters. The molecule has 1 aliphatic rings. The Hall–Kier alpha value is -1.22. The normalized spacial score (nSPS) is 14.6. The van der Waals surface area contributed by atoms with Crippen LogP contribution >= 0.6 is 11.6 Å². The SMILES string of the molecule is CN(Cc1ccc(Cl)cc1)C(=O)NC1CC1. The van der Waals surface area contributed by atoms with E-state index in [1.54, 1.807) is 11.9 Å². The summed E-state index contributed by atoms with van der Waals surface area (Å²) in [5, 5.41) is 3.66. The van der Waals surface area contributed by atoms with E-state index in [4.69, 9.17) is 11.6 Å². The summed E-state index contributed by atoms with van der Waals surface area (Å²) in [4.78, 5) is 13.3. The van der Waals surface area contributed by atoms with Crippen molar-refractivity contribution < 1.29 is 4.79 Å². The lowest BCUT2D eigenvalue weighted by Crippen LogP contribution is -2.37. The van der Waals surface area contributed by atoms with E-state index >= 15 is 0 Å². The van der Waals surface area contributed by atoms with Crippen LogP contribution in [0.15, 0.2) is 24.3 Å². The van der Waals surface area contributed by atoms with Crippen molar-refractivity contribution in [3.63, 3.8) is 0 Å². The number of carbonyl (C=O) groups is 1. The third-order valence-corrected chi connectivity index (χ3v) is 2.84. The molecule has 16 heavy (non-hydrogen) atoms. The number of urea groups is 1. The van der Waals surface area contributed by atoms with Crippen LogP contribution in [0.3, 0.4) is 0 Å². The van der Waals surface area contributed by atoms with Crippen molar-refractivity contribution in [3.05, 3.63) is 34.9 Å². The van der Waals surface area contributed by atoms with E-state index in [1.165, 1.54) is 0 Å². The van der Waals surface area contributed by atoms with Crippen LogP contribution in [0.4, 0.5) is 4.79 Å². The van der Waals surface area contributed by atoms with Gasteiger partial charge in [-0.25, -0.2) is 4.79 Å². The quantitative estimate of drug-likeness (QED) is 0.863. The predicted molar refractivity (Wildman–Crippen MR) is 64.5 cm³/mol. The fourth-order valence-electron chi connectivity index (χ4n) is 1.45. The molecule has 0 aliphatic heterocycles. The number of nitrogens with one attached hydrogen (secondary N) is 1. The number of hydrogen-bond acceptors (Lipinski definition) is 1. The molecule has 0 saturated heterocycles. The van der Waals surface area contributed by atoms with Gasteiger partial charge < -0.3 is 10.2 Å². The van der Waals surface area contributed by atoms with Gasteiger partial charge in [0.15, 0.2) is 0 Å². The summed E-state index contributed by atoms with van der Waals surface area (Å²) in [6, 6.07) is 7.94.